The van der Waals surface area contributed by atoms with Crippen molar-refractivity contribution in [3.8, 4) is 5.75 Å². The third-order valence-electron chi connectivity index (χ3n) is 2.83. The third kappa shape index (κ3) is 3.22. The van der Waals surface area contributed by atoms with Crippen molar-refractivity contribution in [2.45, 2.75) is 25.7 Å². The monoisotopic (exact) mass is 257 g/mol. The van der Waals surface area contributed by atoms with Gasteiger partial charge in [-0.15, -0.1) is 0 Å². The largest absolute Gasteiger partial charge is 0.481 e. The smallest absolute Gasteiger partial charge is 0.362 e. The summed E-state index contributed by atoms with van der Waals surface area (Å²) in [6, 6.07) is 3.55. The lowest BCUT2D eigenvalue weighted by molar-refractivity contribution is 0.298. The summed E-state index contributed by atoms with van der Waals surface area (Å²) in [4.78, 5) is 17.6. The molecule has 0 heterocycles. The van der Waals surface area contributed by atoms with E-state index in [1.807, 2.05) is 6.07 Å². The van der Waals surface area contributed by atoms with Crippen molar-refractivity contribution in [2.75, 3.05) is 12.1 Å². The average Bonchev–Trinajstić information content (AvgIpc) is 2.24. The Morgan fingerprint density at radius 2 is 2.00 bits per heavy atom. The molecule has 0 aliphatic heterocycles. The van der Waals surface area contributed by atoms with Gasteiger partial charge in [-0.2, -0.15) is 0 Å². The first kappa shape index (κ1) is 12.4. The van der Waals surface area contributed by atoms with Crippen LogP contribution in [0, 0.1) is 0 Å². The zero-order valence-corrected chi connectivity index (χ0v) is 10.3. The van der Waals surface area contributed by atoms with Crippen LogP contribution in [0.4, 0.5) is 5.69 Å². The second-order valence-electron chi connectivity index (χ2n) is 4.30. The van der Waals surface area contributed by atoms with E-state index in [1.54, 1.807) is 6.07 Å². The van der Waals surface area contributed by atoms with Crippen LogP contribution in [0.25, 0.3) is 0 Å². The Balaban J connectivity index is 2.26. The highest BCUT2D eigenvalue weighted by Gasteiger charge is 2.19. The summed E-state index contributed by atoms with van der Waals surface area (Å²) in [5.41, 5.74) is 8.50. The number of benzene rings is 1. The van der Waals surface area contributed by atoms with Crippen LogP contribution in [0.5, 0.6) is 5.75 Å². The Bertz CT molecular complexity index is 469. The molecule has 0 fully saturated rings. The minimum Gasteiger partial charge on any atom is -0.481 e. The van der Waals surface area contributed by atoms with Crippen LogP contribution in [-0.2, 0) is 17.4 Å². The molecule has 17 heavy (non-hydrogen) atoms. The van der Waals surface area contributed by atoms with Crippen molar-refractivity contribution in [3.05, 3.63) is 23.3 Å². The third-order valence-corrected chi connectivity index (χ3v) is 3.30. The average molecular weight is 257 g/mol. The summed E-state index contributed by atoms with van der Waals surface area (Å²) in [7, 11) is -4.15. The molecule has 0 aromatic heterocycles. The van der Waals surface area contributed by atoms with Crippen molar-refractivity contribution in [3.63, 3.8) is 0 Å². The highest BCUT2D eigenvalue weighted by molar-refractivity contribution is 7.51. The number of ether oxygens (including phenoxy) is 1. The molecule has 1 aliphatic rings. The van der Waals surface area contributed by atoms with Gasteiger partial charge in [-0.05, 0) is 42.9 Å². The number of fused-ring (bicyclic) bond motifs is 1. The summed E-state index contributed by atoms with van der Waals surface area (Å²) in [5, 5.41) is 0. The van der Waals surface area contributed by atoms with Crippen LogP contribution in [0.2, 0.25) is 0 Å². The SMILES string of the molecule is Nc1cc2c(c(OCP(=O)(O)O)c1)CCCC2. The van der Waals surface area contributed by atoms with Gasteiger partial charge in [-0.1, -0.05) is 0 Å². The normalized spacial score (nSPS) is 15.4. The molecule has 0 spiro atoms. The zero-order valence-electron chi connectivity index (χ0n) is 9.43. The van der Waals surface area contributed by atoms with Gasteiger partial charge in [0.15, 0.2) is 6.35 Å². The number of anilines is 1. The molecule has 0 saturated carbocycles. The van der Waals surface area contributed by atoms with Crippen LogP contribution < -0.4 is 10.5 Å². The van der Waals surface area contributed by atoms with Crippen molar-refractivity contribution in [1.29, 1.82) is 0 Å². The van der Waals surface area contributed by atoms with Crippen LogP contribution in [-0.4, -0.2) is 16.1 Å². The summed E-state index contributed by atoms with van der Waals surface area (Å²) in [5.74, 6) is 0.517. The number of nitrogens with two attached hydrogens (primary N) is 1. The number of hydrogen-bond donors (Lipinski definition) is 3. The molecule has 0 unspecified atom stereocenters. The number of rotatable bonds is 3. The quantitative estimate of drug-likeness (QED) is 0.565. The van der Waals surface area contributed by atoms with E-state index in [0.29, 0.717) is 11.4 Å². The van der Waals surface area contributed by atoms with Gasteiger partial charge in [0.1, 0.15) is 5.75 Å². The fourth-order valence-electron chi connectivity index (χ4n) is 2.13. The first-order chi connectivity index (χ1) is 7.96. The van der Waals surface area contributed by atoms with Crippen LogP contribution in [0.3, 0.4) is 0 Å². The van der Waals surface area contributed by atoms with Crippen molar-refractivity contribution in [1.82, 2.24) is 0 Å². The molecule has 1 aromatic carbocycles. The Morgan fingerprint density at radius 1 is 1.29 bits per heavy atom. The lowest BCUT2D eigenvalue weighted by Crippen LogP contribution is -2.08. The van der Waals surface area contributed by atoms with Crippen molar-refractivity contribution >= 4 is 13.3 Å². The minimum absolute atomic E-state index is 0.517. The van der Waals surface area contributed by atoms with E-state index in [9.17, 15) is 4.57 Å². The Hall–Kier alpha value is -1.03. The van der Waals surface area contributed by atoms with Gasteiger partial charge in [0.2, 0.25) is 0 Å². The van der Waals surface area contributed by atoms with Gasteiger partial charge in [0.05, 0.1) is 0 Å². The Labute approximate surface area is 99.8 Å². The van der Waals surface area contributed by atoms with E-state index >= 15 is 0 Å². The van der Waals surface area contributed by atoms with E-state index in [0.717, 1.165) is 36.8 Å². The maximum Gasteiger partial charge on any atom is 0.362 e. The topological polar surface area (TPSA) is 92.8 Å². The molecule has 5 nitrogen and oxygen atoms in total. The number of hydrogen-bond acceptors (Lipinski definition) is 3. The lowest BCUT2D eigenvalue weighted by Gasteiger charge is -2.20. The molecule has 1 aliphatic carbocycles. The molecule has 0 atom stereocenters. The molecule has 94 valence electrons. The molecule has 0 radical (unpaired) electrons. The summed E-state index contributed by atoms with van der Waals surface area (Å²) < 4.78 is 16.0. The van der Waals surface area contributed by atoms with E-state index in [-0.39, 0.29) is 0 Å². The fourth-order valence-corrected chi connectivity index (χ4v) is 2.44. The summed E-state index contributed by atoms with van der Waals surface area (Å²) >= 11 is 0. The molecule has 2 rings (SSSR count). The molecule has 4 N–H and O–H groups in total. The van der Waals surface area contributed by atoms with Crippen LogP contribution in [0.15, 0.2) is 12.1 Å². The molecule has 0 amide bonds. The lowest BCUT2D eigenvalue weighted by atomic mass is 9.90. The van der Waals surface area contributed by atoms with E-state index in [1.165, 1.54) is 0 Å². The van der Waals surface area contributed by atoms with E-state index < -0.39 is 13.9 Å². The number of aryl methyl sites for hydroxylation is 1. The van der Waals surface area contributed by atoms with Gasteiger partial charge in [-0.3, -0.25) is 4.57 Å². The first-order valence-corrected chi connectivity index (χ1v) is 7.34. The maximum atomic E-state index is 10.8. The molecule has 1 aromatic rings. The highest BCUT2D eigenvalue weighted by Crippen LogP contribution is 2.38. The Kier molecular flexibility index (Phi) is 3.43. The number of nitrogen functional groups attached to an aromatic ring is 1. The van der Waals surface area contributed by atoms with E-state index in [4.69, 9.17) is 20.3 Å². The highest BCUT2D eigenvalue weighted by atomic mass is 31.2. The minimum atomic E-state index is -4.15. The summed E-state index contributed by atoms with van der Waals surface area (Å²) in [6.07, 6.45) is 3.43. The van der Waals surface area contributed by atoms with Gasteiger partial charge < -0.3 is 20.3 Å². The molecular weight excluding hydrogens is 241 g/mol. The predicted octanol–water partition coefficient (Wildman–Crippen LogP) is 1.66. The van der Waals surface area contributed by atoms with Crippen LogP contribution in [0.1, 0.15) is 24.0 Å². The Morgan fingerprint density at radius 3 is 2.71 bits per heavy atom. The van der Waals surface area contributed by atoms with Gasteiger partial charge >= 0.3 is 7.60 Å². The van der Waals surface area contributed by atoms with Crippen molar-refractivity contribution < 1.29 is 19.1 Å². The van der Waals surface area contributed by atoms with Crippen LogP contribution >= 0.6 is 7.60 Å². The van der Waals surface area contributed by atoms with Gasteiger partial charge in [0.25, 0.3) is 0 Å². The van der Waals surface area contributed by atoms with Gasteiger partial charge in [0, 0.05) is 11.8 Å². The van der Waals surface area contributed by atoms with Gasteiger partial charge in [-0.25, -0.2) is 0 Å². The van der Waals surface area contributed by atoms with Crippen molar-refractivity contribution in [2.24, 2.45) is 0 Å². The fraction of sp³-hybridized carbons (Fsp3) is 0.455. The molecule has 0 bridgehead atoms. The molecule has 6 heteroatoms. The second-order valence-corrected chi connectivity index (χ2v) is 5.89. The first-order valence-electron chi connectivity index (χ1n) is 5.54. The zero-order chi connectivity index (χ0) is 12.5. The second kappa shape index (κ2) is 4.69. The maximum absolute atomic E-state index is 10.8. The standard InChI is InChI=1S/C11H16NO4P/c12-9-5-8-3-1-2-4-10(8)11(6-9)16-7-17(13,14)15/h5-6H,1-4,7,12H2,(H2,13,14,15). The molecule has 0 saturated heterocycles. The summed E-state index contributed by atoms with van der Waals surface area (Å²) in [6.45, 7) is 0. The molecular formula is C11H16NO4P. The predicted molar refractivity (Wildman–Crippen MR) is 65.0 cm³/mol. The van der Waals surface area contributed by atoms with E-state index in [2.05, 4.69) is 0 Å².